The number of piperazine rings is 2. The Morgan fingerprint density at radius 1 is 0.865 bits per heavy atom. The molecule has 2 aliphatic rings. The van der Waals surface area contributed by atoms with Gasteiger partial charge in [-0.05, 0) is 52.1 Å². The van der Waals surface area contributed by atoms with Crippen molar-refractivity contribution in [1.29, 1.82) is 0 Å². The zero-order valence-electron chi connectivity index (χ0n) is 22.2. The number of carbonyl (C=O) groups excluding carboxylic acids is 1. The molecular weight excluding hydrogens is 566 g/mol. The van der Waals surface area contributed by atoms with Crippen LogP contribution in [0, 0.1) is 0 Å². The van der Waals surface area contributed by atoms with Gasteiger partial charge in [0.1, 0.15) is 24.0 Å². The summed E-state index contributed by atoms with van der Waals surface area (Å²) in [4.78, 5) is 20.5. The summed E-state index contributed by atoms with van der Waals surface area (Å²) in [5.74, 6) is 1.04. The van der Waals surface area contributed by atoms with Crippen LogP contribution in [0.2, 0.25) is 0 Å². The molecule has 1 aromatic rings. The molecule has 2 aliphatic heterocycles. The monoisotopic (exact) mass is 608 g/mol. The van der Waals surface area contributed by atoms with Crippen molar-refractivity contribution in [2.45, 2.75) is 58.5 Å². The Hall–Kier alpha value is -0.590. The van der Waals surface area contributed by atoms with E-state index in [0.29, 0.717) is 30.2 Å². The minimum atomic E-state index is -0.529. The maximum atomic E-state index is 12.5. The predicted molar refractivity (Wildman–Crippen MR) is 155 cm³/mol. The molecule has 0 amide bonds. The van der Waals surface area contributed by atoms with E-state index in [4.69, 9.17) is 9.47 Å². The van der Waals surface area contributed by atoms with Gasteiger partial charge in [0, 0.05) is 39.3 Å². The summed E-state index contributed by atoms with van der Waals surface area (Å²) in [6.07, 6.45) is 0.0322. The molecule has 0 aromatic heterocycles. The summed E-state index contributed by atoms with van der Waals surface area (Å²) in [6, 6.07) is 5.38. The number of nitrogens with zero attached hydrogens (tertiary/aromatic N) is 4. The van der Waals surface area contributed by atoms with Gasteiger partial charge in [0.25, 0.3) is 0 Å². The third kappa shape index (κ3) is 10.1. The van der Waals surface area contributed by atoms with Gasteiger partial charge in [-0.25, -0.2) is 0 Å². The van der Waals surface area contributed by atoms with Gasteiger partial charge in [-0.15, -0.1) is 49.6 Å². The number of halogens is 4. The fourth-order valence-electron chi connectivity index (χ4n) is 4.37. The molecule has 0 aliphatic carbocycles. The van der Waals surface area contributed by atoms with Crippen molar-refractivity contribution in [3.63, 3.8) is 0 Å². The minimum Gasteiger partial charge on any atom is -0.475 e. The number of β-amino-alcohol motifs (C(OH)–C–C–N with tert-alkyl or cyclic N) is 2. The van der Waals surface area contributed by atoms with Crippen LogP contribution in [0.4, 0.5) is 0 Å². The van der Waals surface area contributed by atoms with Crippen LogP contribution < -0.4 is 9.47 Å². The summed E-state index contributed by atoms with van der Waals surface area (Å²) in [6.45, 7) is 9.76. The number of ketones is 1. The van der Waals surface area contributed by atoms with Gasteiger partial charge in [-0.3, -0.25) is 24.4 Å². The number of carbonyl (C=O) groups is 1. The summed E-state index contributed by atoms with van der Waals surface area (Å²) in [5.41, 5.74) is 0.480. The van der Waals surface area contributed by atoms with E-state index < -0.39 is 12.5 Å². The molecular formula is C24H44Cl4N4O5. The number of Topliss-reactive ketones (excluding diaryl/α,β-unsaturated/α-hetero) is 1. The Labute approximate surface area is 246 Å². The number of aliphatic hydroxyl groups excluding tert-OH is 2. The number of aliphatic hydroxyl groups is 2. The van der Waals surface area contributed by atoms with Crippen LogP contribution in [-0.4, -0.2) is 114 Å². The number of rotatable bonds is 9. The quantitative estimate of drug-likeness (QED) is 0.410. The molecule has 0 saturated carbocycles. The van der Waals surface area contributed by atoms with E-state index in [1.165, 1.54) is 6.92 Å². The summed E-state index contributed by atoms with van der Waals surface area (Å²) in [5, 5.41) is 20.4. The van der Waals surface area contributed by atoms with Crippen molar-refractivity contribution in [2.24, 2.45) is 0 Å². The van der Waals surface area contributed by atoms with E-state index in [1.807, 2.05) is 36.9 Å². The molecule has 9 nitrogen and oxygen atoms in total. The fourth-order valence-corrected chi connectivity index (χ4v) is 4.37. The first-order chi connectivity index (χ1) is 15.7. The molecule has 0 bridgehead atoms. The molecule has 13 heteroatoms. The van der Waals surface area contributed by atoms with Gasteiger partial charge in [0.05, 0.1) is 5.56 Å². The standard InChI is InChI=1S/C24H40N4O5.4ClH/c1-6-23(27-12-10-25(4)21(30)15-27)32-18-8-9-20(19(14-18)17(3)29)33-24(7-2)28-13-11-26(5)22(31)16-28;;;;/h8-9,14,21-24,30-31H,6-7,10-13,15-16H2,1-5H3;4*1H. The molecule has 3 rings (SSSR count). The zero-order chi connectivity index (χ0) is 24.1. The molecule has 2 fully saturated rings. The predicted octanol–water partition coefficient (Wildman–Crippen LogP) is 2.94. The first kappa shape index (κ1) is 38.6. The van der Waals surface area contributed by atoms with Crippen LogP contribution in [-0.2, 0) is 0 Å². The van der Waals surface area contributed by atoms with Gasteiger partial charge < -0.3 is 19.7 Å². The molecule has 218 valence electrons. The molecule has 4 unspecified atom stereocenters. The second kappa shape index (κ2) is 17.9. The highest BCUT2D eigenvalue weighted by atomic mass is 35.5. The van der Waals surface area contributed by atoms with E-state index in [-0.39, 0.29) is 67.9 Å². The second-order valence-electron chi connectivity index (χ2n) is 9.09. The van der Waals surface area contributed by atoms with Crippen molar-refractivity contribution in [3.8, 4) is 11.5 Å². The molecule has 1 aromatic carbocycles. The zero-order valence-corrected chi connectivity index (χ0v) is 25.5. The molecule has 4 atom stereocenters. The number of benzene rings is 1. The van der Waals surface area contributed by atoms with Crippen LogP contribution in [0.25, 0.3) is 0 Å². The third-order valence-corrected chi connectivity index (χ3v) is 6.67. The van der Waals surface area contributed by atoms with E-state index in [1.54, 1.807) is 12.1 Å². The molecule has 2 N–H and O–H groups in total. The lowest BCUT2D eigenvalue weighted by molar-refractivity contribution is -0.0902. The van der Waals surface area contributed by atoms with Gasteiger partial charge in [-0.1, -0.05) is 13.8 Å². The van der Waals surface area contributed by atoms with Crippen LogP contribution in [0.15, 0.2) is 18.2 Å². The van der Waals surface area contributed by atoms with Crippen molar-refractivity contribution >= 4 is 55.4 Å². The lowest BCUT2D eigenvalue weighted by atomic mass is 10.1. The van der Waals surface area contributed by atoms with Gasteiger partial charge in [0.15, 0.2) is 18.2 Å². The average Bonchev–Trinajstić information content (AvgIpc) is 2.80. The van der Waals surface area contributed by atoms with Gasteiger partial charge in [-0.2, -0.15) is 0 Å². The normalized spacial score (nSPS) is 22.8. The number of hydrogen-bond donors (Lipinski definition) is 2. The highest BCUT2D eigenvalue weighted by Gasteiger charge is 2.30. The van der Waals surface area contributed by atoms with Crippen molar-refractivity contribution in [3.05, 3.63) is 23.8 Å². The van der Waals surface area contributed by atoms with Crippen LogP contribution in [0.5, 0.6) is 11.5 Å². The first-order valence-corrected chi connectivity index (χ1v) is 12.0. The summed E-state index contributed by atoms with van der Waals surface area (Å²) in [7, 11) is 3.82. The van der Waals surface area contributed by atoms with E-state index in [0.717, 1.165) is 39.0 Å². The molecule has 0 radical (unpaired) electrons. The van der Waals surface area contributed by atoms with Crippen LogP contribution in [0.3, 0.4) is 0 Å². The van der Waals surface area contributed by atoms with Gasteiger partial charge >= 0.3 is 0 Å². The second-order valence-corrected chi connectivity index (χ2v) is 9.09. The maximum absolute atomic E-state index is 12.5. The van der Waals surface area contributed by atoms with Crippen molar-refractivity contribution in [2.75, 3.05) is 53.4 Å². The number of likely N-dealkylation sites (N-methyl/N-ethyl adjacent to an activating group) is 2. The Balaban J connectivity index is 0. The van der Waals surface area contributed by atoms with E-state index in [2.05, 4.69) is 16.7 Å². The smallest absolute Gasteiger partial charge is 0.163 e. The lowest BCUT2D eigenvalue weighted by Gasteiger charge is -2.40. The summed E-state index contributed by atoms with van der Waals surface area (Å²) >= 11 is 0. The Bertz CT molecular complexity index is 812. The Morgan fingerprint density at radius 3 is 1.73 bits per heavy atom. The third-order valence-electron chi connectivity index (χ3n) is 6.67. The van der Waals surface area contributed by atoms with Crippen molar-refractivity contribution in [1.82, 2.24) is 19.6 Å². The molecule has 37 heavy (non-hydrogen) atoms. The van der Waals surface area contributed by atoms with Crippen LogP contribution >= 0.6 is 49.6 Å². The molecule has 2 saturated heterocycles. The minimum absolute atomic E-state index is 0. The van der Waals surface area contributed by atoms with E-state index in [9.17, 15) is 15.0 Å². The highest BCUT2D eigenvalue weighted by molar-refractivity contribution is 5.97. The van der Waals surface area contributed by atoms with Gasteiger partial charge in [0.2, 0.25) is 0 Å². The molecule has 0 spiro atoms. The summed E-state index contributed by atoms with van der Waals surface area (Å²) < 4.78 is 12.5. The largest absolute Gasteiger partial charge is 0.475 e. The lowest BCUT2D eigenvalue weighted by Crippen LogP contribution is -2.55. The highest BCUT2D eigenvalue weighted by Crippen LogP contribution is 2.29. The van der Waals surface area contributed by atoms with E-state index >= 15 is 0 Å². The first-order valence-electron chi connectivity index (χ1n) is 12.0. The SMILES string of the molecule is CCC(Oc1ccc(OC(CC)N2CCN(C)C(O)C2)c(C(C)=O)c1)N1CCN(C)C(O)C1.Cl.Cl.Cl.Cl. The fraction of sp³-hybridized carbons (Fsp3) is 0.708. The van der Waals surface area contributed by atoms with Crippen LogP contribution in [0.1, 0.15) is 44.0 Å². The molecule has 2 heterocycles. The maximum Gasteiger partial charge on any atom is 0.163 e. The Morgan fingerprint density at radius 2 is 1.32 bits per heavy atom. The number of hydrogen-bond acceptors (Lipinski definition) is 9. The topological polar surface area (TPSA) is 89.0 Å². The average molecular weight is 610 g/mol. The number of ether oxygens (including phenoxy) is 2. The van der Waals surface area contributed by atoms with Crippen molar-refractivity contribution < 1.29 is 24.5 Å². The Kier molecular flexibility index (Phi) is 18.6.